The number of carbonyl (C=O) groups is 8. The topological polar surface area (TPSA) is 325 Å². The third-order valence-electron chi connectivity index (χ3n) is 13.0. The Morgan fingerprint density at radius 1 is 0.802 bits per heavy atom. The fraction of sp³-hybridized carbons (Fsp3) is 0.491. The highest BCUT2D eigenvalue weighted by molar-refractivity contribution is 6.15. The molecule has 6 atom stereocenters. The van der Waals surface area contributed by atoms with Crippen molar-refractivity contribution in [3.8, 4) is 5.75 Å². The standard InChI is InChI=1S/C57H74N8O16/c1-56(2,3)80-54(76)60-31-41(65-46(69)19-20-47(65)70)51(74)59-25-21-45(68)62-40-29-37(15-17-42(40)78-53-50(73)49(72)48(71)43(34-66)79-53)33-63-26-10-12-36(32-63)16-18-44(67)58-24-8-7-11-35-22-27-64(28-23-35)52(75)38-13-9-14-39(30-38)61-55(77)81-57(4,5)6/h9-10,12-20,26,29-30,32,35,41,43,48-50,53,66,71-73H,7-8,11,21-25,27-28,31,33-34H2,1-6H3,(H4-,58,59,60,61,62,67,68,74,76,77)/p+1/b18-16+/t41?,43-,48-,49+,50+,53+/m1/s1. The number of aromatic nitrogens is 1. The lowest BCUT2D eigenvalue weighted by Crippen LogP contribution is -2.60. The molecular weight excluding hydrogens is 1050 g/mol. The van der Waals surface area contributed by atoms with Crippen molar-refractivity contribution in [3.63, 3.8) is 0 Å². The van der Waals surface area contributed by atoms with Crippen molar-refractivity contribution < 1.29 is 82.3 Å². The smallest absolute Gasteiger partial charge is 0.412 e. The molecule has 0 radical (unpaired) electrons. The van der Waals surface area contributed by atoms with Crippen LogP contribution in [0.4, 0.5) is 21.0 Å². The largest absolute Gasteiger partial charge is 0.460 e. The summed E-state index contributed by atoms with van der Waals surface area (Å²) in [5, 5.41) is 54.5. The van der Waals surface area contributed by atoms with Crippen LogP contribution in [0.1, 0.15) is 102 Å². The van der Waals surface area contributed by atoms with Gasteiger partial charge in [0.2, 0.25) is 24.0 Å². The summed E-state index contributed by atoms with van der Waals surface area (Å²) in [6.45, 7) is 10.7. The van der Waals surface area contributed by atoms with Crippen molar-refractivity contribution in [2.24, 2.45) is 5.92 Å². The number of benzene rings is 2. The quantitative estimate of drug-likeness (QED) is 0.0302. The molecule has 2 aromatic carbocycles. The van der Waals surface area contributed by atoms with Crippen LogP contribution in [-0.2, 0) is 44.7 Å². The van der Waals surface area contributed by atoms with E-state index in [-0.39, 0.29) is 42.8 Å². The van der Waals surface area contributed by atoms with E-state index in [2.05, 4.69) is 26.6 Å². The zero-order valence-corrected chi connectivity index (χ0v) is 46.4. The molecule has 4 heterocycles. The maximum absolute atomic E-state index is 13.5. The predicted molar refractivity (Wildman–Crippen MR) is 293 cm³/mol. The molecule has 0 bridgehead atoms. The van der Waals surface area contributed by atoms with Gasteiger partial charge in [-0.15, -0.1) is 0 Å². The van der Waals surface area contributed by atoms with Gasteiger partial charge < -0.3 is 65.5 Å². The fourth-order valence-electron chi connectivity index (χ4n) is 9.02. The van der Waals surface area contributed by atoms with Gasteiger partial charge in [-0.3, -0.25) is 39.0 Å². The van der Waals surface area contributed by atoms with Crippen LogP contribution in [0.25, 0.3) is 6.08 Å². The molecule has 0 saturated carbocycles. The van der Waals surface area contributed by atoms with Gasteiger partial charge in [-0.2, -0.15) is 0 Å². The predicted octanol–water partition coefficient (Wildman–Crippen LogP) is 2.66. The van der Waals surface area contributed by atoms with Crippen molar-refractivity contribution in [2.75, 3.05) is 50.0 Å². The van der Waals surface area contributed by atoms with E-state index < -0.39 is 96.9 Å². The van der Waals surface area contributed by atoms with Gasteiger partial charge in [0.25, 0.3) is 17.7 Å². The molecule has 0 spiro atoms. The SMILES string of the molecule is CC(C)(C)OC(=O)NCC(C(=O)NCCC(=O)Nc1cc(C[n+]2cccc(/C=C/C(=O)NCCCCC3CCN(C(=O)c4cccc(NC(=O)OC(C)(C)C)c4)CC3)c2)ccc1O[C@H]1O[C@H](CO)[C@@H](O)[C@H](O)[C@@H]1O)N1C(=O)C=CC1=O. The molecule has 81 heavy (non-hydrogen) atoms. The number of aliphatic hydroxyl groups is 4. The highest BCUT2D eigenvalue weighted by atomic mass is 16.7. The summed E-state index contributed by atoms with van der Waals surface area (Å²) in [7, 11) is 0. The summed E-state index contributed by atoms with van der Waals surface area (Å²) in [5.74, 6) is -2.98. The summed E-state index contributed by atoms with van der Waals surface area (Å²) in [4.78, 5) is 105. The minimum atomic E-state index is -1.77. The zero-order valence-electron chi connectivity index (χ0n) is 46.4. The third-order valence-corrected chi connectivity index (χ3v) is 13.0. The molecule has 2 saturated heterocycles. The molecule has 1 unspecified atom stereocenters. The van der Waals surface area contributed by atoms with Crippen LogP contribution < -0.4 is 35.9 Å². The molecule has 24 heteroatoms. The number of pyridine rings is 1. The van der Waals surface area contributed by atoms with E-state index in [4.69, 9.17) is 18.9 Å². The number of nitrogens with one attached hydrogen (secondary N) is 5. The van der Waals surface area contributed by atoms with Crippen molar-refractivity contribution >= 4 is 65.1 Å². The van der Waals surface area contributed by atoms with Gasteiger partial charge in [0.05, 0.1) is 18.8 Å². The first-order chi connectivity index (χ1) is 38.4. The van der Waals surface area contributed by atoms with Gasteiger partial charge in [0.1, 0.15) is 47.4 Å². The minimum Gasteiger partial charge on any atom is -0.460 e. The number of amides is 8. The van der Waals surface area contributed by atoms with E-state index >= 15 is 0 Å². The molecule has 9 N–H and O–H groups in total. The van der Waals surface area contributed by atoms with Gasteiger partial charge in [0, 0.05) is 79.3 Å². The second kappa shape index (κ2) is 28.6. The number of piperidine rings is 1. The number of hydrogen-bond donors (Lipinski definition) is 9. The maximum atomic E-state index is 13.5. The summed E-state index contributed by atoms with van der Waals surface area (Å²) in [6, 6.07) is 13.7. The lowest BCUT2D eigenvalue weighted by molar-refractivity contribution is -0.688. The van der Waals surface area contributed by atoms with E-state index in [1.54, 1.807) is 102 Å². The second-order valence-corrected chi connectivity index (χ2v) is 21.9. The Labute approximate surface area is 469 Å². The first kappa shape index (κ1) is 62.4. The molecule has 1 aromatic heterocycles. The number of rotatable bonds is 22. The van der Waals surface area contributed by atoms with Gasteiger partial charge in [-0.25, -0.2) is 14.2 Å². The van der Waals surface area contributed by atoms with E-state index in [9.17, 15) is 58.8 Å². The highest BCUT2D eigenvalue weighted by Gasteiger charge is 2.45. The average Bonchev–Trinajstić information content (AvgIpc) is 3.98. The first-order valence-electron chi connectivity index (χ1n) is 26.9. The summed E-state index contributed by atoms with van der Waals surface area (Å²) < 4.78 is 23.9. The Morgan fingerprint density at radius 2 is 1.51 bits per heavy atom. The first-order valence-corrected chi connectivity index (χ1v) is 26.9. The lowest BCUT2D eigenvalue weighted by atomic mass is 9.91. The van der Waals surface area contributed by atoms with Crippen LogP contribution in [0, 0.1) is 5.92 Å². The number of carbonyl (C=O) groups excluding carboxylic acids is 8. The van der Waals surface area contributed by atoms with Crippen LogP contribution in [0.15, 0.2) is 85.2 Å². The van der Waals surface area contributed by atoms with Gasteiger partial charge in [-0.05, 0) is 115 Å². The van der Waals surface area contributed by atoms with Crippen molar-refractivity contribution in [3.05, 3.63) is 102 Å². The number of nitrogens with zero attached hydrogens (tertiary/aromatic N) is 3. The van der Waals surface area contributed by atoms with Crippen molar-refractivity contribution in [1.82, 2.24) is 25.8 Å². The van der Waals surface area contributed by atoms with Crippen molar-refractivity contribution in [2.45, 2.75) is 135 Å². The normalized spacial score (nSPS) is 19.9. The molecule has 6 rings (SSSR count). The second-order valence-electron chi connectivity index (χ2n) is 21.9. The Kier molecular flexibility index (Phi) is 22.0. The molecule has 0 aliphatic carbocycles. The van der Waals surface area contributed by atoms with Gasteiger partial charge in [0.15, 0.2) is 18.9 Å². The summed E-state index contributed by atoms with van der Waals surface area (Å²) >= 11 is 0. The number of alkyl carbamates (subject to hydrolysis) is 1. The third kappa shape index (κ3) is 19.2. The van der Waals surface area contributed by atoms with Crippen LogP contribution in [0.5, 0.6) is 5.75 Å². The molecular formula is C57H75N8O16+. The molecule has 438 valence electrons. The van der Waals surface area contributed by atoms with Crippen LogP contribution in [-0.4, -0.2) is 165 Å². The highest BCUT2D eigenvalue weighted by Crippen LogP contribution is 2.31. The fourth-order valence-corrected chi connectivity index (χ4v) is 9.02. The van der Waals surface area contributed by atoms with Crippen molar-refractivity contribution in [1.29, 1.82) is 0 Å². The van der Waals surface area contributed by atoms with Gasteiger partial charge in [-0.1, -0.05) is 18.9 Å². The molecule has 2 fully saturated rings. The van der Waals surface area contributed by atoms with Crippen LogP contribution >= 0.6 is 0 Å². The Hall–Kier alpha value is -7.77. The molecule has 24 nitrogen and oxygen atoms in total. The average molecular weight is 1130 g/mol. The minimum absolute atomic E-state index is 0.0367. The van der Waals surface area contributed by atoms with E-state index in [0.29, 0.717) is 52.8 Å². The number of aliphatic hydroxyl groups excluding tert-OH is 4. The zero-order chi connectivity index (χ0) is 59.0. The Balaban J connectivity index is 0.998. The van der Waals surface area contributed by atoms with E-state index in [0.717, 1.165) is 44.3 Å². The summed E-state index contributed by atoms with van der Waals surface area (Å²) in [6.07, 6.45) is 3.21. The van der Waals surface area contributed by atoms with Crippen LogP contribution in [0.2, 0.25) is 0 Å². The number of hydrogen-bond acceptors (Lipinski definition) is 16. The molecule has 8 amide bonds. The van der Waals surface area contributed by atoms with Gasteiger partial charge >= 0.3 is 12.2 Å². The lowest BCUT2D eigenvalue weighted by Gasteiger charge is -2.39. The number of ether oxygens (including phenoxy) is 4. The number of likely N-dealkylation sites (tertiary alicyclic amines) is 1. The monoisotopic (exact) mass is 1130 g/mol. The molecule has 3 aliphatic rings. The molecule has 3 aliphatic heterocycles. The summed E-state index contributed by atoms with van der Waals surface area (Å²) in [5.41, 5.74) is 0.857. The number of imide groups is 1. The molecule has 3 aromatic rings. The van der Waals surface area contributed by atoms with E-state index in [1.807, 2.05) is 15.5 Å². The van der Waals surface area contributed by atoms with E-state index in [1.165, 1.54) is 12.1 Å². The Bertz CT molecular complexity index is 2780. The number of unbranched alkanes of at least 4 members (excludes halogenated alkanes) is 1. The number of anilines is 2. The Morgan fingerprint density at radius 3 is 2.20 bits per heavy atom. The maximum Gasteiger partial charge on any atom is 0.412 e. The van der Waals surface area contributed by atoms with Crippen LogP contribution in [0.3, 0.4) is 0 Å².